The van der Waals surface area contributed by atoms with E-state index in [1.165, 1.54) is 18.9 Å². The number of primary amides is 1. The highest BCUT2D eigenvalue weighted by Crippen LogP contribution is 2.43. The fraction of sp³-hybridized carbons (Fsp3) is 0.174. The molecule has 1 heterocycles. The minimum Gasteiger partial charge on any atom is -0.496 e. The molecule has 4 N–H and O–H groups in total. The van der Waals surface area contributed by atoms with Gasteiger partial charge in [-0.15, -0.1) is 0 Å². The van der Waals surface area contributed by atoms with E-state index in [4.69, 9.17) is 10.5 Å². The number of thioether (sulfide) groups is 1. The molecule has 0 radical (unpaired) electrons. The summed E-state index contributed by atoms with van der Waals surface area (Å²) >= 11 is 1.19. The van der Waals surface area contributed by atoms with Crippen molar-refractivity contribution in [3.8, 4) is 11.8 Å². The molecule has 3 rings (SSSR count). The van der Waals surface area contributed by atoms with Gasteiger partial charge in [0.2, 0.25) is 11.8 Å². The summed E-state index contributed by atoms with van der Waals surface area (Å²) in [6, 6.07) is 18.5. The molecule has 0 aliphatic carbocycles. The number of amides is 2. The normalized spacial score (nSPS) is 15.7. The van der Waals surface area contributed by atoms with Crippen molar-refractivity contribution in [3.63, 3.8) is 0 Å². The third-order valence-electron chi connectivity index (χ3n) is 4.77. The Balaban J connectivity index is 1.93. The molecule has 1 aliphatic heterocycles. The Morgan fingerprint density at radius 1 is 1.19 bits per heavy atom. The zero-order valence-electron chi connectivity index (χ0n) is 17.1. The van der Waals surface area contributed by atoms with Gasteiger partial charge in [0.15, 0.2) is 0 Å². The number of dihydropyridines is 1. The van der Waals surface area contributed by atoms with Gasteiger partial charge in [0.25, 0.3) is 0 Å². The number of allylic oxidation sites excluding steroid dienone is 2. The number of hydrogen-bond acceptors (Lipinski definition) is 6. The largest absolute Gasteiger partial charge is 0.496 e. The molecule has 0 saturated heterocycles. The summed E-state index contributed by atoms with van der Waals surface area (Å²) < 4.78 is 5.46. The Labute approximate surface area is 185 Å². The Bertz CT molecular complexity index is 1100. The van der Waals surface area contributed by atoms with Crippen molar-refractivity contribution in [2.75, 3.05) is 18.2 Å². The van der Waals surface area contributed by atoms with Crippen molar-refractivity contribution in [2.24, 2.45) is 5.73 Å². The number of nitrogens with one attached hydrogen (secondary N) is 2. The minimum absolute atomic E-state index is 0.0836. The molecule has 1 aliphatic rings. The van der Waals surface area contributed by atoms with E-state index < -0.39 is 11.8 Å². The van der Waals surface area contributed by atoms with Crippen molar-refractivity contribution in [3.05, 3.63) is 82.0 Å². The van der Waals surface area contributed by atoms with Gasteiger partial charge in [-0.3, -0.25) is 9.59 Å². The fourth-order valence-electron chi connectivity index (χ4n) is 3.43. The smallest absolute Gasteiger partial charge is 0.247 e. The van der Waals surface area contributed by atoms with Crippen LogP contribution in [0, 0.1) is 11.3 Å². The van der Waals surface area contributed by atoms with Crippen molar-refractivity contribution < 1.29 is 14.3 Å². The number of anilines is 1. The van der Waals surface area contributed by atoms with Crippen molar-refractivity contribution in [2.45, 2.75) is 12.8 Å². The molecule has 2 aromatic rings. The minimum atomic E-state index is -0.695. The highest BCUT2D eigenvalue weighted by atomic mass is 32.2. The van der Waals surface area contributed by atoms with Crippen LogP contribution < -0.4 is 21.1 Å². The van der Waals surface area contributed by atoms with Crippen LogP contribution in [-0.4, -0.2) is 24.7 Å². The van der Waals surface area contributed by atoms with Crippen LogP contribution in [0.15, 0.2) is 76.5 Å². The number of nitrogens with two attached hydrogens (primary N) is 1. The molecule has 158 valence electrons. The standard InChI is InChI=1S/C23H22N4O3S/c1-14-20(22(25)29)21(16-10-6-7-11-18(16)30-2)17(12-24)23(26-14)31-13-19(28)27-15-8-4-3-5-9-15/h3-11,21,26H,13H2,1-2H3,(H2,25,29)(H,27,28). The Morgan fingerprint density at radius 2 is 1.87 bits per heavy atom. The van der Waals surface area contributed by atoms with Crippen LogP contribution in [-0.2, 0) is 9.59 Å². The topological polar surface area (TPSA) is 117 Å². The lowest BCUT2D eigenvalue weighted by atomic mass is 9.82. The van der Waals surface area contributed by atoms with Crippen LogP contribution in [0.3, 0.4) is 0 Å². The predicted octanol–water partition coefficient (Wildman–Crippen LogP) is 3.25. The monoisotopic (exact) mass is 434 g/mol. The number of benzene rings is 2. The second-order valence-corrected chi connectivity index (χ2v) is 7.75. The maximum absolute atomic E-state index is 12.4. The maximum Gasteiger partial charge on any atom is 0.247 e. The molecule has 0 fully saturated rings. The lowest BCUT2D eigenvalue weighted by Crippen LogP contribution is -2.31. The molecule has 0 spiro atoms. The van der Waals surface area contributed by atoms with E-state index in [2.05, 4.69) is 16.7 Å². The molecule has 0 bridgehead atoms. The van der Waals surface area contributed by atoms with Gasteiger partial charge in [-0.25, -0.2) is 0 Å². The lowest BCUT2D eigenvalue weighted by Gasteiger charge is -2.29. The van der Waals surface area contributed by atoms with Crippen LogP contribution in [0.4, 0.5) is 5.69 Å². The first-order chi connectivity index (χ1) is 15.0. The van der Waals surface area contributed by atoms with Gasteiger partial charge in [-0.05, 0) is 25.1 Å². The molecular formula is C23H22N4O3S. The van der Waals surface area contributed by atoms with Gasteiger partial charge in [0.1, 0.15) is 5.75 Å². The summed E-state index contributed by atoms with van der Waals surface area (Å²) in [5, 5.41) is 16.4. The number of methoxy groups -OCH3 is 1. The molecule has 1 unspecified atom stereocenters. The van der Waals surface area contributed by atoms with Gasteiger partial charge >= 0.3 is 0 Å². The number of para-hydroxylation sites is 2. The summed E-state index contributed by atoms with van der Waals surface area (Å²) in [6.07, 6.45) is 0. The van der Waals surface area contributed by atoms with Crippen LogP contribution in [0.2, 0.25) is 0 Å². The maximum atomic E-state index is 12.4. The molecule has 0 saturated carbocycles. The van der Waals surface area contributed by atoms with Gasteiger partial charge in [-0.2, -0.15) is 5.26 Å². The first kappa shape index (κ1) is 22.0. The quantitative estimate of drug-likeness (QED) is 0.616. The summed E-state index contributed by atoms with van der Waals surface area (Å²) in [4.78, 5) is 24.7. The zero-order chi connectivity index (χ0) is 22.4. The fourth-order valence-corrected chi connectivity index (χ4v) is 4.32. The van der Waals surface area contributed by atoms with E-state index in [-0.39, 0.29) is 11.7 Å². The van der Waals surface area contributed by atoms with Gasteiger partial charge < -0.3 is 21.1 Å². The van der Waals surface area contributed by atoms with E-state index in [1.807, 2.05) is 30.3 Å². The highest BCUT2D eigenvalue weighted by Gasteiger charge is 2.35. The summed E-state index contributed by atoms with van der Waals surface area (Å²) in [7, 11) is 1.53. The highest BCUT2D eigenvalue weighted by molar-refractivity contribution is 8.03. The molecule has 1 atom stereocenters. The number of nitrogens with zero attached hydrogens (tertiary/aromatic N) is 1. The number of carbonyl (C=O) groups excluding carboxylic acids is 2. The predicted molar refractivity (Wildman–Crippen MR) is 121 cm³/mol. The molecule has 8 heteroatoms. The van der Waals surface area contributed by atoms with Gasteiger partial charge in [0, 0.05) is 22.5 Å². The summed E-state index contributed by atoms with van der Waals surface area (Å²) in [5.74, 6) is -0.904. The molecular weight excluding hydrogens is 412 g/mol. The second kappa shape index (κ2) is 9.87. The van der Waals surface area contributed by atoms with E-state index in [1.54, 1.807) is 31.2 Å². The SMILES string of the molecule is COc1ccccc1C1C(C#N)=C(SCC(=O)Nc2ccccc2)NC(C)=C1C(N)=O. The number of ether oxygens (including phenoxy) is 1. The number of rotatable bonds is 7. The Morgan fingerprint density at radius 3 is 2.52 bits per heavy atom. The van der Waals surface area contributed by atoms with Crippen LogP contribution in [0.25, 0.3) is 0 Å². The van der Waals surface area contributed by atoms with Gasteiger partial charge in [0.05, 0.1) is 35.5 Å². The average molecular weight is 435 g/mol. The first-order valence-electron chi connectivity index (χ1n) is 9.48. The number of nitriles is 1. The van der Waals surface area contributed by atoms with Crippen LogP contribution in [0.5, 0.6) is 5.75 Å². The van der Waals surface area contributed by atoms with Crippen molar-refractivity contribution >= 4 is 29.3 Å². The molecule has 0 aromatic heterocycles. The summed E-state index contributed by atoms with van der Waals surface area (Å²) in [6.45, 7) is 1.72. The van der Waals surface area contributed by atoms with Gasteiger partial charge in [-0.1, -0.05) is 48.2 Å². The van der Waals surface area contributed by atoms with E-state index >= 15 is 0 Å². The number of hydrogen-bond donors (Lipinski definition) is 3. The third-order valence-corrected chi connectivity index (χ3v) is 5.79. The third kappa shape index (κ3) is 4.90. The first-order valence-corrected chi connectivity index (χ1v) is 10.5. The van der Waals surface area contributed by atoms with Crippen molar-refractivity contribution in [1.29, 1.82) is 5.26 Å². The Kier molecular flexibility index (Phi) is 7.00. The average Bonchev–Trinajstić information content (AvgIpc) is 2.77. The molecule has 2 aromatic carbocycles. The lowest BCUT2D eigenvalue weighted by molar-refractivity contribution is -0.115. The number of carbonyl (C=O) groups is 2. The van der Waals surface area contributed by atoms with E-state index in [0.717, 1.165) is 0 Å². The van der Waals surface area contributed by atoms with Crippen LogP contribution in [0.1, 0.15) is 18.4 Å². The van der Waals surface area contributed by atoms with Crippen LogP contribution >= 0.6 is 11.8 Å². The Hall–Kier alpha value is -3.70. The summed E-state index contributed by atoms with van der Waals surface area (Å²) in [5.41, 5.74) is 8.15. The molecule has 31 heavy (non-hydrogen) atoms. The zero-order valence-corrected chi connectivity index (χ0v) is 18.0. The van der Waals surface area contributed by atoms with E-state index in [0.29, 0.717) is 38.9 Å². The van der Waals surface area contributed by atoms with E-state index in [9.17, 15) is 14.9 Å². The molecule has 2 amide bonds. The second-order valence-electron chi connectivity index (χ2n) is 6.76. The van der Waals surface area contributed by atoms with Crippen molar-refractivity contribution in [1.82, 2.24) is 5.32 Å². The molecule has 7 nitrogen and oxygen atoms in total.